The van der Waals surface area contributed by atoms with E-state index in [1.165, 1.54) is 6.07 Å². The Kier molecular flexibility index (Phi) is 6.23. The van der Waals surface area contributed by atoms with Crippen molar-refractivity contribution in [3.05, 3.63) is 65.2 Å². The Hall–Kier alpha value is -2.96. The van der Waals surface area contributed by atoms with E-state index in [1.54, 1.807) is 35.2 Å². The molecular weight excluding hydrogens is 368 g/mol. The summed E-state index contributed by atoms with van der Waals surface area (Å²) in [6, 6.07) is 10.4. The summed E-state index contributed by atoms with van der Waals surface area (Å²) in [5.41, 5.74) is 1.20. The van der Waals surface area contributed by atoms with Crippen molar-refractivity contribution >= 4 is 11.9 Å². The predicted octanol–water partition coefficient (Wildman–Crippen LogP) is 3.52. The Bertz CT molecular complexity index is 863. The summed E-state index contributed by atoms with van der Waals surface area (Å²) in [5.74, 6) is -2.26. The lowest BCUT2D eigenvalue weighted by molar-refractivity contribution is -0.139. The zero-order chi connectivity index (χ0) is 20.1. The van der Waals surface area contributed by atoms with Crippen molar-refractivity contribution in [2.75, 3.05) is 19.7 Å². The number of carboxylic acids is 1. The summed E-state index contributed by atoms with van der Waals surface area (Å²) in [6.45, 7) is 0.688. The predicted molar refractivity (Wildman–Crippen MR) is 98.3 cm³/mol. The van der Waals surface area contributed by atoms with Gasteiger partial charge in [-0.15, -0.1) is 0 Å². The van der Waals surface area contributed by atoms with E-state index in [1.807, 2.05) is 0 Å². The maximum Gasteiger partial charge on any atom is 0.341 e. The topological polar surface area (TPSA) is 66.8 Å². The lowest BCUT2D eigenvalue weighted by Crippen LogP contribution is -2.38. The summed E-state index contributed by atoms with van der Waals surface area (Å²) in [5, 5.41) is 8.68. The Labute approximate surface area is 161 Å². The first-order valence-electron chi connectivity index (χ1n) is 9.10. The van der Waals surface area contributed by atoms with Crippen LogP contribution < -0.4 is 4.74 Å². The molecule has 5 nitrogen and oxygen atoms in total. The number of nitrogens with zero attached hydrogens (tertiary/aromatic N) is 1. The molecule has 148 valence electrons. The molecule has 0 saturated carbocycles. The van der Waals surface area contributed by atoms with Gasteiger partial charge < -0.3 is 14.7 Å². The highest BCUT2D eigenvalue weighted by Crippen LogP contribution is 2.24. The molecule has 1 heterocycles. The monoisotopic (exact) mass is 389 g/mol. The van der Waals surface area contributed by atoms with Crippen molar-refractivity contribution in [2.45, 2.75) is 19.3 Å². The van der Waals surface area contributed by atoms with Gasteiger partial charge in [-0.05, 0) is 61.1 Å². The van der Waals surface area contributed by atoms with Crippen molar-refractivity contribution in [3.8, 4) is 5.75 Å². The fourth-order valence-electron chi connectivity index (χ4n) is 3.39. The summed E-state index contributed by atoms with van der Waals surface area (Å²) in [4.78, 5) is 25.0. The van der Waals surface area contributed by atoms with E-state index >= 15 is 0 Å². The van der Waals surface area contributed by atoms with Crippen LogP contribution in [0.25, 0.3) is 0 Å². The van der Waals surface area contributed by atoms with Crippen molar-refractivity contribution in [2.24, 2.45) is 5.92 Å². The number of carbonyl (C=O) groups is 2. The molecule has 1 fully saturated rings. The highest BCUT2D eigenvalue weighted by Gasteiger charge is 2.24. The van der Waals surface area contributed by atoms with E-state index in [4.69, 9.17) is 9.84 Å². The van der Waals surface area contributed by atoms with E-state index in [0.29, 0.717) is 36.7 Å². The number of hydrogen-bond acceptors (Lipinski definition) is 3. The first kappa shape index (κ1) is 19.8. The quantitative estimate of drug-likeness (QED) is 0.821. The second-order valence-electron chi connectivity index (χ2n) is 6.90. The molecule has 2 aromatic rings. The van der Waals surface area contributed by atoms with Crippen LogP contribution in [0, 0.1) is 17.6 Å². The number of carbonyl (C=O) groups excluding carboxylic acids is 1. The maximum absolute atomic E-state index is 13.4. The van der Waals surface area contributed by atoms with Crippen LogP contribution in [0.1, 0.15) is 28.8 Å². The fourth-order valence-corrected chi connectivity index (χ4v) is 3.39. The standard InChI is InChI=1S/C21H21F2NO4/c22-18-5-4-15(11-19(18)23)10-14-6-8-24(9-7-14)21(27)16-2-1-3-17(12-16)28-13-20(25)26/h1-5,11-12,14H,6-10,13H2,(H,25,26). The van der Waals surface area contributed by atoms with Crippen molar-refractivity contribution in [1.29, 1.82) is 0 Å². The van der Waals surface area contributed by atoms with Crippen LogP contribution in [0.15, 0.2) is 42.5 Å². The number of likely N-dealkylation sites (tertiary alicyclic amines) is 1. The number of carboxylic acid groups (broad SMARTS) is 1. The van der Waals surface area contributed by atoms with Gasteiger partial charge >= 0.3 is 5.97 Å². The van der Waals surface area contributed by atoms with Crippen LogP contribution in [-0.2, 0) is 11.2 Å². The molecule has 1 aliphatic rings. The molecule has 0 unspecified atom stereocenters. The average Bonchev–Trinajstić information content (AvgIpc) is 2.69. The van der Waals surface area contributed by atoms with E-state index in [0.717, 1.165) is 24.5 Å². The summed E-state index contributed by atoms with van der Waals surface area (Å²) in [7, 11) is 0. The fraction of sp³-hybridized carbons (Fsp3) is 0.333. The molecule has 1 saturated heterocycles. The van der Waals surface area contributed by atoms with E-state index < -0.39 is 24.2 Å². The van der Waals surface area contributed by atoms with E-state index in [-0.39, 0.29) is 5.91 Å². The van der Waals surface area contributed by atoms with Crippen LogP contribution in [0.2, 0.25) is 0 Å². The minimum atomic E-state index is -1.08. The number of ether oxygens (including phenoxy) is 1. The van der Waals surface area contributed by atoms with Crippen molar-refractivity contribution in [1.82, 2.24) is 4.90 Å². The molecule has 2 aromatic carbocycles. The van der Waals surface area contributed by atoms with Gasteiger partial charge in [-0.2, -0.15) is 0 Å². The Morgan fingerprint density at radius 3 is 2.50 bits per heavy atom. The second kappa shape index (κ2) is 8.82. The van der Waals surface area contributed by atoms with Gasteiger partial charge in [0.05, 0.1) is 0 Å². The Morgan fingerprint density at radius 2 is 1.82 bits per heavy atom. The van der Waals surface area contributed by atoms with Gasteiger partial charge in [0, 0.05) is 18.7 Å². The van der Waals surface area contributed by atoms with Gasteiger partial charge in [0.1, 0.15) is 5.75 Å². The number of hydrogen-bond donors (Lipinski definition) is 1. The van der Waals surface area contributed by atoms with Gasteiger partial charge in [-0.1, -0.05) is 12.1 Å². The summed E-state index contributed by atoms with van der Waals surface area (Å²) < 4.78 is 31.5. The van der Waals surface area contributed by atoms with Crippen molar-refractivity contribution in [3.63, 3.8) is 0 Å². The number of halogens is 2. The molecular formula is C21H21F2NO4. The number of rotatable bonds is 6. The van der Waals surface area contributed by atoms with Gasteiger partial charge in [0.25, 0.3) is 5.91 Å². The van der Waals surface area contributed by atoms with Crippen LogP contribution in [0.4, 0.5) is 8.78 Å². The zero-order valence-electron chi connectivity index (χ0n) is 15.2. The van der Waals surface area contributed by atoms with Gasteiger partial charge in [0.15, 0.2) is 18.2 Å². The lowest BCUT2D eigenvalue weighted by atomic mass is 9.90. The van der Waals surface area contributed by atoms with Gasteiger partial charge in [-0.3, -0.25) is 4.79 Å². The van der Waals surface area contributed by atoms with Crippen LogP contribution in [-0.4, -0.2) is 41.6 Å². The molecule has 1 aliphatic heterocycles. The molecule has 3 rings (SSSR count). The van der Waals surface area contributed by atoms with Crippen LogP contribution in [0.5, 0.6) is 5.75 Å². The SMILES string of the molecule is O=C(O)COc1cccc(C(=O)N2CCC(Cc3ccc(F)c(F)c3)CC2)c1. The average molecular weight is 389 g/mol. The molecule has 0 aliphatic carbocycles. The first-order chi connectivity index (χ1) is 13.4. The third kappa shape index (κ3) is 5.06. The zero-order valence-corrected chi connectivity index (χ0v) is 15.2. The normalized spacial score (nSPS) is 14.7. The Morgan fingerprint density at radius 1 is 1.07 bits per heavy atom. The van der Waals surface area contributed by atoms with Crippen molar-refractivity contribution < 1.29 is 28.2 Å². The molecule has 0 atom stereocenters. The van der Waals surface area contributed by atoms with Crippen LogP contribution >= 0.6 is 0 Å². The first-order valence-corrected chi connectivity index (χ1v) is 9.10. The number of aliphatic carboxylic acids is 1. The Balaban J connectivity index is 1.55. The highest BCUT2D eigenvalue weighted by molar-refractivity contribution is 5.94. The molecule has 28 heavy (non-hydrogen) atoms. The lowest BCUT2D eigenvalue weighted by Gasteiger charge is -2.32. The molecule has 7 heteroatoms. The van der Waals surface area contributed by atoms with Crippen LogP contribution in [0.3, 0.4) is 0 Å². The molecule has 0 aromatic heterocycles. The summed E-state index contributed by atoms with van der Waals surface area (Å²) >= 11 is 0. The minimum Gasteiger partial charge on any atom is -0.482 e. The highest BCUT2D eigenvalue weighted by atomic mass is 19.2. The third-order valence-corrected chi connectivity index (χ3v) is 4.85. The molecule has 1 amide bonds. The number of amides is 1. The van der Waals surface area contributed by atoms with Gasteiger partial charge in [-0.25, -0.2) is 13.6 Å². The maximum atomic E-state index is 13.4. The number of piperidine rings is 1. The second-order valence-corrected chi connectivity index (χ2v) is 6.90. The molecule has 0 spiro atoms. The van der Waals surface area contributed by atoms with E-state index in [2.05, 4.69) is 0 Å². The number of benzene rings is 2. The molecule has 0 bridgehead atoms. The minimum absolute atomic E-state index is 0.132. The molecule has 1 N–H and O–H groups in total. The molecule has 0 radical (unpaired) electrons. The third-order valence-electron chi connectivity index (χ3n) is 4.85. The largest absolute Gasteiger partial charge is 0.482 e. The van der Waals surface area contributed by atoms with E-state index in [9.17, 15) is 18.4 Å². The summed E-state index contributed by atoms with van der Waals surface area (Å²) in [6.07, 6.45) is 2.21. The van der Waals surface area contributed by atoms with Gasteiger partial charge in [0.2, 0.25) is 0 Å². The smallest absolute Gasteiger partial charge is 0.341 e.